The molecule has 0 saturated carbocycles. The van der Waals surface area contributed by atoms with Gasteiger partial charge in [0.05, 0.1) is 18.4 Å². The normalized spacial score (nSPS) is 10.3. The lowest BCUT2D eigenvalue weighted by Gasteiger charge is -2.10. The lowest BCUT2D eigenvalue weighted by Crippen LogP contribution is -1.95. The topological polar surface area (TPSA) is 45.9 Å². The Labute approximate surface area is 152 Å². The van der Waals surface area contributed by atoms with E-state index in [4.69, 9.17) is 9.72 Å². The number of hydrogen-bond donors (Lipinski definition) is 0. The molecule has 0 atom stereocenters. The van der Waals surface area contributed by atoms with Crippen LogP contribution in [0.5, 0.6) is 5.75 Å². The van der Waals surface area contributed by atoms with Gasteiger partial charge in [0.25, 0.3) is 0 Å². The second kappa shape index (κ2) is 7.87. The molecule has 0 unspecified atom stereocenters. The highest BCUT2D eigenvalue weighted by molar-refractivity contribution is 7.98. The maximum absolute atomic E-state index is 9.51. The lowest BCUT2D eigenvalue weighted by atomic mass is 10.1. The van der Waals surface area contributed by atoms with E-state index in [-0.39, 0.29) is 0 Å². The van der Waals surface area contributed by atoms with Crippen molar-refractivity contribution in [3.05, 3.63) is 77.4 Å². The molecule has 25 heavy (non-hydrogen) atoms. The summed E-state index contributed by atoms with van der Waals surface area (Å²) in [5, 5.41) is 10.3. The zero-order valence-electron chi connectivity index (χ0n) is 14.2. The predicted octanol–water partition coefficient (Wildman–Crippen LogP) is 5.23. The number of nitrogens with zero attached hydrogens (tertiary/aromatic N) is 2. The van der Waals surface area contributed by atoms with Crippen LogP contribution in [0.25, 0.3) is 11.3 Å². The van der Waals surface area contributed by atoms with Gasteiger partial charge >= 0.3 is 0 Å². The van der Waals surface area contributed by atoms with Crippen LogP contribution >= 0.6 is 11.8 Å². The Morgan fingerprint density at radius 1 is 1.08 bits per heavy atom. The third-order valence-electron chi connectivity index (χ3n) is 3.90. The van der Waals surface area contributed by atoms with Crippen LogP contribution in [0.2, 0.25) is 0 Å². The average molecular weight is 346 g/mol. The van der Waals surface area contributed by atoms with Gasteiger partial charge in [0.1, 0.15) is 16.8 Å². The summed E-state index contributed by atoms with van der Waals surface area (Å²) in [6.07, 6.45) is 0. The van der Waals surface area contributed by atoms with E-state index in [9.17, 15) is 5.26 Å². The first-order chi connectivity index (χ1) is 12.2. The van der Waals surface area contributed by atoms with Gasteiger partial charge in [-0.05, 0) is 36.2 Å². The third-order valence-corrected chi connectivity index (χ3v) is 4.95. The van der Waals surface area contributed by atoms with Crippen molar-refractivity contribution in [1.82, 2.24) is 4.98 Å². The van der Waals surface area contributed by atoms with E-state index >= 15 is 0 Å². The molecular formula is C21H18N2OS. The fourth-order valence-electron chi connectivity index (χ4n) is 2.51. The van der Waals surface area contributed by atoms with Gasteiger partial charge in [-0.15, -0.1) is 11.8 Å². The minimum absolute atomic E-state index is 0.651. The van der Waals surface area contributed by atoms with Gasteiger partial charge in [-0.1, -0.05) is 42.5 Å². The van der Waals surface area contributed by atoms with E-state index in [1.807, 2.05) is 67.6 Å². The molecule has 0 N–H and O–H groups in total. The molecule has 0 spiro atoms. The van der Waals surface area contributed by atoms with Crippen molar-refractivity contribution in [1.29, 1.82) is 5.26 Å². The molecule has 3 nitrogen and oxygen atoms in total. The van der Waals surface area contributed by atoms with Crippen molar-refractivity contribution in [3.8, 4) is 23.1 Å². The van der Waals surface area contributed by atoms with E-state index in [1.54, 1.807) is 18.9 Å². The van der Waals surface area contributed by atoms with Crippen molar-refractivity contribution in [2.24, 2.45) is 0 Å². The molecule has 0 aliphatic rings. The van der Waals surface area contributed by atoms with Gasteiger partial charge in [0.15, 0.2) is 0 Å². The molecule has 3 aromatic rings. The molecule has 2 aromatic carbocycles. The van der Waals surface area contributed by atoms with Crippen LogP contribution in [0.15, 0.2) is 65.7 Å². The first-order valence-electron chi connectivity index (χ1n) is 7.94. The number of rotatable bonds is 5. The first kappa shape index (κ1) is 17.1. The van der Waals surface area contributed by atoms with Crippen molar-refractivity contribution in [3.63, 3.8) is 0 Å². The molecule has 1 aromatic heterocycles. The molecule has 0 amide bonds. The third kappa shape index (κ3) is 4.01. The number of benzene rings is 2. The van der Waals surface area contributed by atoms with Gasteiger partial charge in [0, 0.05) is 11.3 Å². The highest BCUT2D eigenvalue weighted by Crippen LogP contribution is 2.30. The summed E-state index contributed by atoms with van der Waals surface area (Å²) in [4.78, 5) is 4.74. The monoisotopic (exact) mass is 346 g/mol. The van der Waals surface area contributed by atoms with Gasteiger partial charge < -0.3 is 4.74 Å². The Bertz CT molecular complexity index is 900. The Balaban J connectivity index is 1.88. The van der Waals surface area contributed by atoms with E-state index in [0.29, 0.717) is 5.56 Å². The van der Waals surface area contributed by atoms with Gasteiger partial charge in [-0.25, -0.2) is 4.98 Å². The Kier molecular flexibility index (Phi) is 5.37. The van der Waals surface area contributed by atoms with E-state index < -0.39 is 0 Å². The largest absolute Gasteiger partial charge is 0.497 e. The van der Waals surface area contributed by atoms with Gasteiger partial charge in [-0.3, -0.25) is 0 Å². The zero-order valence-corrected chi connectivity index (χ0v) is 15.0. The average Bonchev–Trinajstić information content (AvgIpc) is 2.67. The number of methoxy groups -OCH3 is 1. The van der Waals surface area contributed by atoms with Crippen molar-refractivity contribution in [2.45, 2.75) is 17.7 Å². The SMILES string of the molecule is COc1ccc(CSc2nc(-c3ccccc3)cc(C)c2C#N)cc1. The number of thioether (sulfide) groups is 1. The maximum atomic E-state index is 9.51. The smallest absolute Gasteiger partial charge is 0.118 e. The fraction of sp³-hybridized carbons (Fsp3) is 0.143. The molecule has 0 aliphatic heterocycles. The fourth-order valence-corrected chi connectivity index (χ4v) is 3.52. The Morgan fingerprint density at radius 3 is 2.44 bits per heavy atom. The summed E-state index contributed by atoms with van der Waals surface area (Å²) < 4.78 is 5.19. The molecule has 3 rings (SSSR count). The number of ether oxygens (including phenoxy) is 1. The number of hydrogen-bond acceptors (Lipinski definition) is 4. The minimum atomic E-state index is 0.651. The van der Waals surface area contributed by atoms with Crippen molar-refractivity contribution >= 4 is 11.8 Å². The first-order valence-corrected chi connectivity index (χ1v) is 8.92. The molecule has 0 saturated heterocycles. The van der Waals surface area contributed by atoms with E-state index in [2.05, 4.69) is 6.07 Å². The summed E-state index contributed by atoms with van der Waals surface area (Å²) in [5.74, 6) is 1.59. The molecule has 0 fully saturated rings. The summed E-state index contributed by atoms with van der Waals surface area (Å²) >= 11 is 1.59. The molecule has 0 aliphatic carbocycles. The molecule has 124 valence electrons. The highest BCUT2D eigenvalue weighted by atomic mass is 32.2. The van der Waals surface area contributed by atoms with Crippen LogP contribution in [-0.4, -0.2) is 12.1 Å². The van der Waals surface area contributed by atoms with Crippen LogP contribution in [0.3, 0.4) is 0 Å². The lowest BCUT2D eigenvalue weighted by molar-refractivity contribution is 0.414. The van der Waals surface area contributed by atoms with Crippen LogP contribution < -0.4 is 4.74 Å². The predicted molar refractivity (Wildman–Crippen MR) is 102 cm³/mol. The van der Waals surface area contributed by atoms with E-state index in [1.165, 1.54) is 5.56 Å². The molecule has 1 heterocycles. The molecule has 0 bridgehead atoms. The summed E-state index contributed by atoms with van der Waals surface area (Å²) in [6.45, 7) is 1.96. The zero-order chi connectivity index (χ0) is 17.6. The maximum Gasteiger partial charge on any atom is 0.118 e. The van der Waals surface area contributed by atoms with Crippen molar-refractivity contribution in [2.75, 3.05) is 7.11 Å². The number of aryl methyl sites for hydroxylation is 1. The quantitative estimate of drug-likeness (QED) is 0.594. The highest BCUT2D eigenvalue weighted by Gasteiger charge is 2.12. The molecule has 4 heteroatoms. The van der Waals surface area contributed by atoms with Crippen LogP contribution in [0.4, 0.5) is 0 Å². The van der Waals surface area contributed by atoms with Crippen molar-refractivity contribution < 1.29 is 4.74 Å². The Morgan fingerprint density at radius 2 is 1.80 bits per heavy atom. The van der Waals surface area contributed by atoms with Gasteiger partial charge in [-0.2, -0.15) is 5.26 Å². The van der Waals surface area contributed by atoms with Crippen LogP contribution in [-0.2, 0) is 5.75 Å². The van der Waals surface area contributed by atoms with Gasteiger partial charge in [0.2, 0.25) is 0 Å². The minimum Gasteiger partial charge on any atom is -0.497 e. The summed E-state index contributed by atoms with van der Waals surface area (Å²) in [7, 11) is 1.66. The second-order valence-corrected chi connectivity index (χ2v) is 6.58. The van der Waals surface area contributed by atoms with E-state index in [0.717, 1.165) is 33.3 Å². The molecule has 0 radical (unpaired) electrons. The molecular weight excluding hydrogens is 328 g/mol. The van der Waals surface area contributed by atoms with Crippen LogP contribution in [0, 0.1) is 18.3 Å². The Hall–Kier alpha value is -2.77. The standard InChI is InChI=1S/C21H18N2OS/c1-15-12-20(17-6-4-3-5-7-17)23-21(19(15)13-22)25-14-16-8-10-18(24-2)11-9-16/h3-12H,14H2,1-2H3. The second-order valence-electron chi connectivity index (χ2n) is 5.62. The summed E-state index contributed by atoms with van der Waals surface area (Å²) in [5.41, 5.74) is 4.72. The summed E-state index contributed by atoms with van der Waals surface area (Å²) in [6, 6.07) is 22.3. The number of nitriles is 1. The number of pyridine rings is 1. The van der Waals surface area contributed by atoms with Crippen LogP contribution in [0.1, 0.15) is 16.7 Å². The number of aromatic nitrogens is 1.